The van der Waals surface area contributed by atoms with Gasteiger partial charge >= 0.3 is 0 Å². The number of nitrogens with one attached hydrogen (secondary N) is 1. The van der Waals surface area contributed by atoms with Crippen molar-refractivity contribution >= 4 is 24.8 Å². The van der Waals surface area contributed by atoms with Gasteiger partial charge in [0.1, 0.15) is 0 Å². The van der Waals surface area contributed by atoms with Crippen LogP contribution in [0.15, 0.2) is 6.20 Å². The smallest absolute Gasteiger partial charge is 0.0551 e. The summed E-state index contributed by atoms with van der Waals surface area (Å²) < 4.78 is 2.08. The molecule has 2 heterocycles. The van der Waals surface area contributed by atoms with Crippen LogP contribution in [0, 0.1) is 6.92 Å². The number of hydrogen-bond acceptors (Lipinski definition) is 2. The lowest BCUT2D eigenvalue weighted by Gasteiger charge is -2.14. The summed E-state index contributed by atoms with van der Waals surface area (Å²) in [5.74, 6) is 0. The van der Waals surface area contributed by atoms with Gasteiger partial charge in [-0.1, -0.05) is 0 Å². The second-order valence-electron chi connectivity index (χ2n) is 2.67. The van der Waals surface area contributed by atoms with Crippen LogP contribution in [0.5, 0.6) is 0 Å². The van der Waals surface area contributed by atoms with Crippen LogP contribution >= 0.6 is 24.8 Å². The lowest BCUT2D eigenvalue weighted by molar-refractivity contribution is 0.474. The standard InChI is InChI=1S/C7H11N3.2ClH/c1-6-4-9-10-3-2-8-5-7(6)10;;/h4,8H,2-3,5H2,1H3;2*1H. The van der Waals surface area contributed by atoms with Crippen LogP contribution in [0.1, 0.15) is 11.3 Å². The number of nitrogens with zero attached hydrogens (tertiary/aromatic N) is 2. The summed E-state index contributed by atoms with van der Waals surface area (Å²) in [5, 5.41) is 7.54. The molecule has 0 aliphatic carbocycles. The monoisotopic (exact) mass is 209 g/mol. The zero-order valence-corrected chi connectivity index (χ0v) is 8.54. The normalized spacial score (nSPS) is 14.1. The molecule has 12 heavy (non-hydrogen) atoms. The van der Waals surface area contributed by atoms with E-state index in [2.05, 4.69) is 22.0 Å². The van der Waals surface area contributed by atoms with Crippen LogP contribution in [0.4, 0.5) is 0 Å². The highest BCUT2D eigenvalue weighted by atomic mass is 35.5. The van der Waals surface area contributed by atoms with Crippen molar-refractivity contribution in [3.8, 4) is 0 Å². The molecule has 1 aromatic rings. The molecule has 0 saturated carbocycles. The third kappa shape index (κ3) is 1.91. The Labute approximate surface area is 84.3 Å². The van der Waals surface area contributed by atoms with E-state index >= 15 is 0 Å². The zero-order chi connectivity index (χ0) is 6.97. The Balaban J connectivity index is 0.000000605. The van der Waals surface area contributed by atoms with Crippen molar-refractivity contribution in [2.45, 2.75) is 20.0 Å². The number of fused-ring (bicyclic) bond motifs is 1. The third-order valence-corrected chi connectivity index (χ3v) is 1.95. The molecular weight excluding hydrogens is 197 g/mol. The van der Waals surface area contributed by atoms with E-state index in [0.29, 0.717) is 0 Å². The number of rotatable bonds is 0. The average molecular weight is 210 g/mol. The number of halogens is 2. The topological polar surface area (TPSA) is 29.9 Å². The summed E-state index contributed by atoms with van der Waals surface area (Å²) in [6.07, 6.45) is 1.93. The first-order valence-electron chi connectivity index (χ1n) is 3.60. The quantitative estimate of drug-likeness (QED) is 0.695. The minimum atomic E-state index is 0. The molecule has 1 N–H and O–H groups in total. The summed E-state index contributed by atoms with van der Waals surface area (Å²) in [6.45, 7) is 5.15. The molecule has 0 radical (unpaired) electrons. The largest absolute Gasteiger partial charge is 0.309 e. The van der Waals surface area contributed by atoms with Gasteiger partial charge in [0, 0.05) is 13.1 Å². The Bertz CT molecular complexity index is 247. The average Bonchev–Trinajstić information content (AvgIpc) is 2.34. The number of hydrogen-bond donors (Lipinski definition) is 1. The highest BCUT2D eigenvalue weighted by Crippen LogP contribution is 2.08. The van der Waals surface area contributed by atoms with Gasteiger partial charge in [-0.15, -0.1) is 24.8 Å². The van der Waals surface area contributed by atoms with E-state index in [1.54, 1.807) is 0 Å². The molecule has 0 unspecified atom stereocenters. The first-order chi connectivity index (χ1) is 4.88. The summed E-state index contributed by atoms with van der Waals surface area (Å²) >= 11 is 0. The second-order valence-corrected chi connectivity index (χ2v) is 2.67. The van der Waals surface area contributed by atoms with Crippen LogP contribution in [-0.2, 0) is 13.1 Å². The first-order valence-corrected chi connectivity index (χ1v) is 3.60. The predicted octanol–water partition coefficient (Wildman–Crippen LogP) is 1.14. The Morgan fingerprint density at radius 2 is 2.25 bits per heavy atom. The van der Waals surface area contributed by atoms with E-state index < -0.39 is 0 Å². The fraction of sp³-hybridized carbons (Fsp3) is 0.571. The van der Waals surface area contributed by atoms with Crippen molar-refractivity contribution in [3.05, 3.63) is 17.5 Å². The van der Waals surface area contributed by atoms with Crippen LogP contribution in [-0.4, -0.2) is 16.3 Å². The lowest BCUT2D eigenvalue weighted by atomic mass is 10.2. The molecule has 2 rings (SSSR count). The molecule has 1 aliphatic heterocycles. The van der Waals surface area contributed by atoms with Gasteiger partial charge in [0.25, 0.3) is 0 Å². The second kappa shape index (κ2) is 4.70. The molecule has 3 nitrogen and oxygen atoms in total. The maximum absolute atomic E-state index is 4.23. The minimum absolute atomic E-state index is 0. The third-order valence-electron chi connectivity index (χ3n) is 1.95. The van der Waals surface area contributed by atoms with E-state index in [9.17, 15) is 0 Å². The van der Waals surface area contributed by atoms with E-state index in [0.717, 1.165) is 19.6 Å². The van der Waals surface area contributed by atoms with Gasteiger partial charge in [-0.2, -0.15) is 5.10 Å². The van der Waals surface area contributed by atoms with Crippen molar-refractivity contribution < 1.29 is 0 Å². The highest BCUT2D eigenvalue weighted by molar-refractivity contribution is 5.85. The molecule has 0 bridgehead atoms. The van der Waals surface area contributed by atoms with Crippen molar-refractivity contribution in [1.82, 2.24) is 15.1 Å². The molecule has 0 aromatic carbocycles. The Morgan fingerprint density at radius 3 is 2.92 bits per heavy atom. The summed E-state index contributed by atoms with van der Waals surface area (Å²) in [6, 6.07) is 0. The first kappa shape index (κ1) is 11.8. The Kier molecular flexibility index (Phi) is 4.60. The molecule has 0 atom stereocenters. The fourth-order valence-electron chi connectivity index (χ4n) is 1.32. The SMILES string of the molecule is Cc1cnn2c1CNCC2.Cl.Cl. The van der Waals surface area contributed by atoms with Crippen molar-refractivity contribution in [2.75, 3.05) is 6.54 Å². The number of aryl methyl sites for hydroxylation is 1. The summed E-state index contributed by atoms with van der Waals surface area (Å²) in [4.78, 5) is 0. The zero-order valence-electron chi connectivity index (χ0n) is 6.91. The van der Waals surface area contributed by atoms with Gasteiger partial charge < -0.3 is 5.32 Å². The van der Waals surface area contributed by atoms with Gasteiger partial charge in [0.2, 0.25) is 0 Å². The van der Waals surface area contributed by atoms with Gasteiger partial charge in [0.15, 0.2) is 0 Å². The van der Waals surface area contributed by atoms with E-state index in [4.69, 9.17) is 0 Å². The number of aromatic nitrogens is 2. The molecule has 0 fully saturated rings. The predicted molar refractivity (Wildman–Crippen MR) is 53.2 cm³/mol. The molecule has 1 aliphatic rings. The van der Waals surface area contributed by atoms with Crippen LogP contribution in [0.25, 0.3) is 0 Å². The molecule has 1 aromatic heterocycles. The van der Waals surface area contributed by atoms with Crippen molar-refractivity contribution in [1.29, 1.82) is 0 Å². The van der Waals surface area contributed by atoms with Crippen LogP contribution in [0.3, 0.4) is 0 Å². The molecule has 0 spiro atoms. The minimum Gasteiger partial charge on any atom is -0.309 e. The lowest BCUT2D eigenvalue weighted by Crippen LogP contribution is -2.28. The Hall–Kier alpha value is -0.250. The fourth-order valence-corrected chi connectivity index (χ4v) is 1.32. The van der Waals surface area contributed by atoms with Gasteiger partial charge in [-0.25, -0.2) is 0 Å². The Morgan fingerprint density at radius 1 is 1.50 bits per heavy atom. The van der Waals surface area contributed by atoms with E-state index in [1.807, 2.05) is 6.20 Å². The van der Waals surface area contributed by atoms with Gasteiger partial charge in [0.05, 0.1) is 18.4 Å². The maximum atomic E-state index is 4.23. The molecule has 70 valence electrons. The van der Waals surface area contributed by atoms with Crippen molar-refractivity contribution in [2.24, 2.45) is 0 Å². The van der Waals surface area contributed by atoms with Gasteiger partial charge in [-0.3, -0.25) is 4.68 Å². The molecular formula is C7H13Cl2N3. The summed E-state index contributed by atoms with van der Waals surface area (Å²) in [7, 11) is 0. The van der Waals surface area contributed by atoms with Gasteiger partial charge in [-0.05, 0) is 12.5 Å². The highest BCUT2D eigenvalue weighted by Gasteiger charge is 2.09. The van der Waals surface area contributed by atoms with Crippen LogP contribution in [0.2, 0.25) is 0 Å². The van der Waals surface area contributed by atoms with E-state index in [-0.39, 0.29) is 24.8 Å². The van der Waals surface area contributed by atoms with Crippen molar-refractivity contribution in [3.63, 3.8) is 0 Å². The molecule has 0 amide bonds. The van der Waals surface area contributed by atoms with Crippen LogP contribution < -0.4 is 5.32 Å². The van der Waals surface area contributed by atoms with E-state index in [1.165, 1.54) is 11.3 Å². The molecule has 0 saturated heterocycles. The molecule has 5 heteroatoms. The maximum Gasteiger partial charge on any atom is 0.0551 e. The summed E-state index contributed by atoms with van der Waals surface area (Å²) in [5.41, 5.74) is 2.64.